The largest absolute Gasteiger partial charge is 0.495 e. The number of methoxy groups -OCH3 is 1. The zero-order chi connectivity index (χ0) is 20.0. The molecule has 0 aliphatic carbocycles. The second kappa shape index (κ2) is 8.65. The highest BCUT2D eigenvalue weighted by atomic mass is 16.5. The van der Waals surface area contributed by atoms with Gasteiger partial charge >= 0.3 is 12.1 Å². The van der Waals surface area contributed by atoms with E-state index < -0.39 is 11.5 Å². The van der Waals surface area contributed by atoms with Crippen LogP contribution in [0.2, 0.25) is 0 Å². The zero-order valence-electron chi connectivity index (χ0n) is 15.9. The van der Waals surface area contributed by atoms with E-state index >= 15 is 0 Å². The smallest absolute Gasteiger partial charge is 0.407 e. The molecule has 1 fully saturated rings. The zero-order valence-corrected chi connectivity index (χ0v) is 15.9. The van der Waals surface area contributed by atoms with Crippen LogP contribution in [-0.4, -0.2) is 48.9 Å². The number of piperidine rings is 1. The topological polar surface area (TPSA) is 90.9 Å². The Morgan fingerprint density at radius 3 is 2.57 bits per heavy atom. The summed E-state index contributed by atoms with van der Waals surface area (Å²) in [4.78, 5) is 25.5. The van der Waals surface area contributed by atoms with Crippen molar-refractivity contribution in [1.82, 2.24) is 10.2 Å². The number of rotatable bonds is 5. The predicted octanol–water partition coefficient (Wildman–Crippen LogP) is 3.53. The number of benzene rings is 2. The summed E-state index contributed by atoms with van der Waals surface area (Å²) in [5.41, 5.74) is 1.14. The third-order valence-electron chi connectivity index (χ3n) is 5.18. The molecular formula is C21H25N3O4. The van der Waals surface area contributed by atoms with Crippen LogP contribution in [0.25, 0.3) is 0 Å². The number of anilines is 1. The molecule has 0 radical (unpaired) electrons. The summed E-state index contributed by atoms with van der Waals surface area (Å²) < 4.78 is 5.26. The van der Waals surface area contributed by atoms with Crippen molar-refractivity contribution < 1.29 is 19.4 Å². The molecule has 28 heavy (non-hydrogen) atoms. The van der Waals surface area contributed by atoms with Gasteiger partial charge in [0.05, 0.1) is 12.8 Å². The van der Waals surface area contributed by atoms with Crippen molar-refractivity contribution in [3.05, 3.63) is 60.2 Å². The first-order valence-electron chi connectivity index (χ1n) is 9.25. The lowest BCUT2D eigenvalue weighted by Crippen LogP contribution is -2.53. The lowest BCUT2D eigenvalue weighted by molar-refractivity contribution is 0.109. The first-order chi connectivity index (χ1) is 13.5. The molecule has 1 heterocycles. The molecule has 3 N–H and O–H groups in total. The van der Waals surface area contributed by atoms with Crippen LogP contribution >= 0.6 is 0 Å². The highest BCUT2D eigenvalue weighted by Gasteiger charge is 2.39. The number of para-hydroxylation sites is 2. The highest BCUT2D eigenvalue weighted by Crippen LogP contribution is 2.34. The summed E-state index contributed by atoms with van der Waals surface area (Å²) in [5, 5.41) is 15.2. The molecule has 1 aliphatic rings. The van der Waals surface area contributed by atoms with E-state index in [2.05, 4.69) is 10.6 Å². The molecule has 148 valence electrons. The first-order valence-corrected chi connectivity index (χ1v) is 9.25. The summed E-state index contributed by atoms with van der Waals surface area (Å²) in [7, 11) is 1.55. The number of ether oxygens (including phenoxy) is 1. The van der Waals surface area contributed by atoms with Crippen LogP contribution in [-0.2, 0) is 5.41 Å². The number of hydrogen-bond acceptors (Lipinski definition) is 3. The Bertz CT molecular complexity index is 827. The van der Waals surface area contributed by atoms with Crippen LogP contribution in [0, 0.1) is 0 Å². The number of carbonyl (C=O) groups excluding carboxylic acids is 1. The lowest BCUT2D eigenvalue weighted by atomic mass is 9.74. The number of carboxylic acid groups (broad SMARTS) is 1. The Hall–Kier alpha value is -3.22. The maximum absolute atomic E-state index is 12.5. The molecule has 3 rings (SSSR count). The molecule has 7 nitrogen and oxygen atoms in total. The molecule has 1 saturated heterocycles. The van der Waals surface area contributed by atoms with Gasteiger partial charge in [-0.1, -0.05) is 42.5 Å². The van der Waals surface area contributed by atoms with Gasteiger partial charge in [-0.15, -0.1) is 0 Å². The summed E-state index contributed by atoms with van der Waals surface area (Å²) in [6.45, 7) is 1.19. The third kappa shape index (κ3) is 4.36. The van der Waals surface area contributed by atoms with E-state index in [-0.39, 0.29) is 6.03 Å². The molecule has 1 aliphatic heterocycles. The number of likely N-dealkylation sites (tertiary alicyclic amines) is 1. The fraction of sp³-hybridized carbons (Fsp3) is 0.333. The molecule has 7 heteroatoms. The van der Waals surface area contributed by atoms with Gasteiger partial charge in [-0.3, -0.25) is 0 Å². The second-order valence-corrected chi connectivity index (χ2v) is 6.96. The van der Waals surface area contributed by atoms with Gasteiger partial charge in [0.2, 0.25) is 0 Å². The number of nitrogens with one attached hydrogen (secondary N) is 2. The molecule has 2 aromatic rings. The van der Waals surface area contributed by atoms with Crippen molar-refractivity contribution in [2.45, 2.75) is 18.3 Å². The monoisotopic (exact) mass is 383 g/mol. The van der Waals surface area contributed by atoms with Crippen LogP contribution in [0.15, 0.2) is 54.6 Å². The summed E-state index contributed by atoms with van der Waals surface area (Å²) >= 11 is 0. The van der Waals surface area contributed by atoms with Crippen LogP contribution < -0.4 is 15.4 Å². The number of hydrogen-bond donors (Lipinski definition) is 3. The summed E-state index contributed by atoms with van der Waals surface area (Å²) in [6, 6.07) is 16.6. The second-order valence-electron chi connectivity index (χ2n) is 6.96. The van der Waals surface area contributed by atoms with Gasteiger partial charge in [0.25, 0.3) is 0 Å². The first kappa shape index (κ1) is 19.5. The predicted molar refractivity (Wildman–Crippen MR) is 107 cm³/mol. The van der Waals surface area contributed by atoms with E-state index in [4.69, 9.17) is 4.74 Å². The standard InChI is InChI=1S/C21H25N3O4/c1-28-18-11-6-5-10-17(18)23-19(25)22-14-21(16-8-3-2-4-9-16)12-7-13-24(15-21)20(26)27/h2-6,8-11H,7,12-15H2,1H3,(H,26,27)(H2,22,23,25). The molecule has 3 amide bonds. The van der Waals surface area contributed by atoms with Crippen LogP contribution in [0.5, 0.6) is 5.75 Å². The fourth-order valence-corrected chi connectivity index (χ4v) is 3.73. The average molecular weight is 383 g/mol. The van der Waals surface area contributed by atoms with E-state index in [1.54, 1.807) is 19.2 Å². The van der Waals surface area contributed by atoms with E-state index in [1.165, 1.54) is 4.90 Å². The van der Waals surface area contributed by atoms with E-state index in [1.807, 2.05) is 42.5 Å². The Kier molecular flexibility index (Phi) is 6.03. The minimum Gasteiger partial charge on any atom is -0.495 e. The normalized spacial score (nSPS) is 19.0. The van der Waals surface area contributed by atoms with Crippen molar-refractivity contribution in [2.24, 2.45) is 0 Å². The number of amides is 3. The summed E-state index contributed by atoms with van der Waals surface area (Å²) in [6.07, 6.45) is 0.616. The van der Waals surface area contributed by atoms with Crippen LogP contribution in [0.3, 0.4) is 0 Å². The quantitative estimate of drug-likeness (QED) is 0.737. The van der Waals surface area contributed by atoms with Crippen molar-refractivity contribution in [2.75, 3.05) is 32.1 Å². The van der Waals surface area contributed by atoms with Crippen molar-refractivity contribution in [1.29, 1.82) is 0 Å². The maximum atomic E-state index is 12.5. The fourth-order valence-electron chi connectivity index (χ4n) is 3.73. The molecule has 0 bridgehead atoms. The molecule has 1 atom stereocenters. The third-order valence-corrected chi connectivity index (χ3v) is 5.18. The van der Waals surface area contributed by atoms with Gasteiger partial charge < -0.3 is 25.4 Å². The average Bonchev–Trinajstić information content (AvgIpc) is 2.73. The molecule has 1 unspecified atom stereocenters. The van der Waals surface area contributed by atoms with E-state index in [0.717, 1.165) is 18.4 Å². The van der Waals surface area contributed by atoms with Gasteiger partial charge in [0.15, 0.2) is 0 Å². The lowest BCUT2D eigenvalue weighted by Gasteiger charge is -2.42. The van der Waals surface area contributed by atoms with Crippen LogP contribution in [0.4, 0.5) is 15.3 Å². The Morgan fingerprint density at radius 2 is 1.86 bits per heavy atom. The van der Waals surface area contributed by atoms with Crippen LogP contribution in [0.1, 0.15) is 18.4 Å². The number of nitrogens with zero attached hydrogens (tertiary/aromatic N) is 1. The maximum Gasteiger partial charge on any atom is 0.407 e. The van der Waals surface area contributed by atoms with E-state index in [0.29, 0.717) is 31.1 Å². The number of carbonyl (C=O) groups is 2. The molecule has 0 spiro atoms. The highest BCUT2D eigenvalue weighted by molar-refractivity contribution is 5.91. The SMILES string of the molecule is COc1ccccc1NC(=O)NCC1(c2ccccc2)CCCN(C(=O)O)C1. The Balaban J connectivity index is 1.75. The summed E-state index contributed by atoms with van der Waals surface area (Å²) in [5.74, 6) is 0.574. The van der Waals surface area contributed by atoms with Gasteiger partial charge in [0.1, 0.15) is 5.75 Å². The Labute approximate surface area is 164 Å². The van der Waals surface area contributed by atoms with Crippen molar-refractivity contribution >= 4 is 17.8 Å². The Morgan fingerprint density at radius 1 is 1.14 bits per heavy atom. The van der Waals surface area contributed by atoms with Crippen molar-refractivity contribution in [3.8, 4) is 5.75 Å². The number of urea groups is 1. The van der Waals surface area contributed by atoms with Crippen molar-refractivity contribution in [3.63, 3.8) is 0 Å². The van der Waals surface area contributed by atoms with E-state index in [9.17, 15) is 14.7 Å². The molecule has 2 aromatic carbocycles. The van der Waals surface area contributed by atoms with Gasteiger partial charge in [-0.2, -0.15) is 0 Å². The molecular weight excluding hydrogens is 358 g/mol. The minimum atomic E-state index is -0.932. The molecule has 0 saturated carbocycles. The van der Waals surface area contributed by atoms with Gasteiger partial charge in [0, 0.05) is 25.0 Å². The van der Waals surface area contributed by atoms with Gasteiger partial charge in [-0.05, 0) is 30.5 Å². The molecule has 0 aromatic heterocycles. The van der Waals surface area contributed by atoms with Gasteiger partial charge in [-0.25, -0.2) is 9.59 Å². The minimum absolute atomic E-state index is 0.335.